The lowest BCUT2D eigenvalue weighted by atomic mass is 10.2. The summed E-state index contributed by atoms with van der Waals surface area (Å²) in [5, 5.41) is 8.40. The highest BCUT2D eigenvalue weighted by Gasteiger charge is 2.36. The van der Waals surface area contributed by atoms with Gasteiger partial charge in [0, 0.05) is 0 Å². The number of aromatic carboxylic acids is 1. The fourth-order valence-electron chi connectivity index (χ4n) is 1.01. The van der Waals surface area contributed by atoms with Crippen molar-refractivity contribution < 1.29 is 41.0 Å². The van der Waals surface area contributed by atoms with E-state index in [0.29, 0.717) is 0 Å². The van der Waals surface area contributed by atoms with Crippen LogP contribution in [0.3, 0.4) is 0 Å². The minimum absolute atomic E-state index is 0.108. The minimum atomic E-state index is -5.41. The monoisotopic (exact) mass is 275 g/mol. The average Bonchev–Trinajstić information content (AvgIpc) is 2.18. The van der Waals surface area contributed by atoms with Crippen LogP contribution >= 0.6 is 0 Å². The molecule has 0 saturated carbocycles. The van der Waals surface area contributed by atoms with E-state index < -0.39 is 41.7 Å². The van der Waals surface area contributed by atoms with Crippen molar-refractivity contribution in [3.8, 4) is 5.75 Å². The Labute approximate surface area is 94.8 Å². The number of hydrogen-bond acceptors (Lipinski definition) is 3. The second-order valence-electron chi connectivity index (χ2n) is 2.87. The number of alkyl halides is 5. The molecule has 100 valence electrons. The minimum Gasteiger partial charge on any atom is -0.477 e. The largest absolute Gasteiger partial charge is 0.573 e. The van der Waals surface area contributed by atoms with Crippen LogP contribution in [-0.2, 0) is 0 Å². The molecular formula is C8H3F6NO3. The second kappa shape index (κ2) is 4.70. The molecule has 1 rings (SSSR count). The van der Waals surface area contributed by atoms with E-state index in [9.17, 15) is 31.1 Å². The van der Waals surface area contributed by atoms with Gasteiger partial charge in [0.2, 0.25) is 0 Å². The quantitative estimate of drug-likeness (QED) is 0.680. The maximum absolute atomic E-state index is 13.0. The van der Waals surface area contributed by atoms with Crippen molar-refractivity contribution in [2.75, 3.05) is 0 Å². The molecule has 18 heavy (non-hydrogen) atoms. The number of hydrogen-bond donors (Lipinski definition) is 1. The van der Waals surface area contributed by atoms with Crippen molar-refractivity contribution in [1.82, 2.24) is 4.98 Å². The first-order valence-corrected chi connectivity index (χ1v) is 4.09. The lowest BCUT2D eigenvalue weighted by molar-refractivity contribution is -0.276. The molecule has 0 aliphatic rings. The lowest BCUT2D eigenvalue weighted by Gasteiger charge is -2.13. The summed E-state index contributed by atoms with van der Waals surface area (Å²) in [4.78, 5) is 13.0. The molecule has 1 aromatic rings. The van der Waals surface area contributed by atoms with Crippen molar-refractivity contribution in [2.45, 2.75) is 12.8 Å². The Morgan fingerprint density at radius 3 is 2.33 bits per heavy atom. The first-order valence-electron chi connectivity index (χ1n) is 4.09. The zero-order chi connectivity index (χ0) is 14.1. The highest BCUT2D eigenvalue weighted by atomic mass is 19.4. The number of carboxylic acids is 1. The fraction of sp³-hybridized carbons (Fsp3) is 0.250. The van der Waals surface area contributed by atoms with Crippen LogP contribution in [0, 0.1) is 5.95 Å². The summed E-state index contributed by atoms with van der Waals surface area (Å²) < 4.78 is 76.4. The third-order valence-corrected chi connectivity index (χ3v) is 1.63. The molecule has 0 radical (unpaired) electrons. The van der Waals surface area contributed by atoms with E-state index in [1.54, 1.807) is 0 Å². The molecule has 0 aliphatic heterocycles. The predicted molar refractivity (Wildman–Crippen MR) is 42.8 cm³/mol. The third kappa shape index (κ3) is 3.25. The molecular weight excluding hydrogens is 272 g/mol. The van der Waals surface area contributed by atoms with Crippen molar-refractivity contribution in [3.05, 3.63) is 23.3 Å². The maximum Gasteiger partial charge on any atom is 0.573 e. The van der Waals surface area contributed by atoms with E-state index in [0.717, 1.165) is 0 Å². The zero-order valence-corrected chi connectivity index (χ0v) is 8.13. The molecule has 0 aromatic carbocycles. The molecule has 1 heterocycles. The van der Waals surface area contributed by atoms with E-state index in [4.69, 9.17) is 5.11 Å². The summed E-state index contributed by atoms with van der Waals surface area (Å²) in [6.07, 6.45) is -8.96. The molecule has 4 nitrogen and oxygen atoms in total. The Balaban J connectivity index is 3.36. The molecule has 10 heteroatoms. The van der Waals surface area contributed by atoms with E-state index in [1.165, 1.54) is 0 Å². The number of ether oxygens (including phenoxy) is 1. The summed E-state index contributed by atoms with van der Waals surface area (Å²) in [6.45, 7) is 0. The Morgan fingerprint density at radius 1 is 1.39 bits per heavy atom. The number of pyridine rings is 1. The molecule has 1 N–H and O–H groups in total. The van der Waals surface area contributed by atoms with Crippen LogP contribution in [-0.4, -0.2) is 22.4 Å². The van der Waals surface area contributed by atoms with Crippen molar-refractivity contribution >= 4 is 5.97 Å². The van der Waals surface area contributed by atoms with Gasteiger partial charge >= 0.3 is 12.3 Å². The van der Waals surface area contributed by atoms with Gasteiger partial charge in [-0.15, -0.1) is 13.2 Å². The first-order chi connectivity index (χ1) is 8.11. The van der Waals surface area contributed by atoms with E-state index in [1.807, 2.05) is 0 Å². The Bertz CT molecular complexity index is 473. The smallest absolute Gasteiger partial charge is 0.477 e. The number of aromatic nitrogens is 1. The fourth-order valence-corrected chi connectivity index (χ4v) is 1.01. The van der Waals surface area contributed by atoms with Gasteiger partial charge in [0.05, 0.1) is 5.56 Å². The van der Waals surface area contributed by atoms with Crippen LogP contribution in [0.2, 0.25) is 0 Å². The van der Waals surface area contributed by atoms with Gasteiger partial charge in [-0.3, -0.25) is 0 Å². The highest BCUT2D eigenvalue weighted by Crippen LogP contribution is 2.34. The van der Waals surface area contributed by atoms with Crippen LogP contribution in [0.15, 0.2) is 6.07 Å². The molecule has 0 saturated heterocycles. The van der Waals surface area contributed by atoms with Gasteiger partial charge in [0.25, 0.3) is 12.4 Å². The Kier molecular flexibility index (Phi) is 3.67. The molecule has 0 amide bonds. The molecule has 0 unspecified atom stereocenters. The van der Waals surface area contributed by atoms with Crippen molar-refractivity contribution in [2.24, 2.45) is 0 Å². The van der Waals surface area contributed by atoms with Crippen LogP contribution in [0.4, 0.5) is 26.3 Å². The van der Waals surface area contributed by atoms with Crippen LogP contribution in [0.5, 0.6) is 5.75 Å². The topological polar surface area (TPSA) is 59.4 Å². The summed E-state index contributed by atoms with van der Waals surface area (Å²) >= 11 is 0. The van der Waals surface area contributed by atoms with Crippen molar-refractivity contribution in [3.63, 3.8) is 0 Å². The summed E-state index contributed by atoms with van der Waals surface area (Å²) in [5.74, 6) is -5.79. The van der Waals surface area contributed by atoms with Crippen LogP contribution in [0.25, 0.3) is 0 Å². The molecule has 1 aromatic heterocycles. The Morgan fingerprint density at radius 2 is 1.94 bits per heavy atom. The van der Waals surface area contributed by atoms with Crippen LogP contribution < -0.4 is 4.74 Å². The van der Waals surface area contributed by atoms with E-state index in [-0.39, 0.29) is 6.07 Å². The normalized spacial score (nSPS) is 11.7. The highest BCUT2D eigenvalue weighted by molar-refractivity contribution is 5.85. The van der Waals surface area contributed by atoms with Gasteiger partial charge in [-0.1, -0.05) is 0 Å². The van der Waals surface area contributed by atoms with Gasteiger partial charge in [-0.2, -0.15) is 4.39 Å². The molecule has 0 aliphatic carbocycles. The van der Waals surface area contributed by atoms with Gasteiger partial charge in [0.15, 0.2) is 11.4 Å². The van der Waals surface area contributed by atoms with Gasteiger partial charge < -0.3 is 9.84 Å². The SMILES string of the molecule is O=C(O)c1cc(C(F)F)c(OC(F)(F)F)c(F)n1. The van der Waals surface area contributed by atoms with Crippen molar-refractivity contribution in [1.29, 1.82) is 0 Å². The number of carboxylic acid groups (broad SMARTS) is 1. The standard InChI is InChI=1S/C8H3F6NO3/c9-5(10)2-1-3(7(16)17)15-6(11)4(2)18-8(12,13)14/h1,5H,(H,16,17). The first kappa shape index (κ1) is 14.1. The van der Waals surface area contributed by atoms with E-state index >= 15 is 0 Å². The number of carbonyl (C=O) groups is 1. The molecule has 0 bridgehead atoms. The summed E-state index contributed by atoms with van der Waals surface area (Å²) in [7, 11) is 0. The lowest BCUT2D eigenvalue weighted by Crippen LogP contribution is -2.20. The van der Waals surface area contributed by atoms with Gasteiger partial charge in [0.1, 0.15) is 0 Å². The summed E-state index contributed by atoms with van der Waals surface area (Å²) in [5.41, 5.74) is -2.70. The second-order valence-corrected chi connectivity index (χ2v) is 2.87. The van der Waals surface area contributed by atoms with Crippen LogP contribution in [0.1, 0.15) is 22.5 Å². The average molecular weight is 275 g/mol. The number of nitrogens with zero attached hydrogens (tertiary/aromatic N) is 1. The predicted octanol–water partition coefficient (Wildman–Crippen LogP) is 2.76. The molecule has 0 fully saturated rings. The molecule has 0 atom stereocenters. The Hall–Kier alpha value is -2.00. The van der Waals surface area contributed by atoms with E-state index in [2.05, 4.69) is 9.72 Å². The third-order valence-electron chi connectivity index (χ3n) is 1.63. The molecule has 0 spiro atoms. The maximum atomic E-state index is 13.0. The number of rotatable bonds is 3. The van der Waals surface area contributed by atoms with Gasteiger partial charge in [-0.25, -0.2) is 18.6 Å². The zero-order valence-electron chi connectivity index (χ0n) is 8.13. The number of halogens is 6. The van der Waals surface area contributed by atoms with Gasteiger partial charge in [-0.05, 0) is 6.07 Å². The summed E-state index contributed by atoms with van der Waals surface area (Å²) in [6, 6.07) is 0.108.